The maximum absolute atomic E-state index is 14.3. The smallest absolute Gasteiger partial charge is 0.462 e. The van der Waals surface area contributed by atoms with E-state index in [1.165, 1.54) is 12.4 Å². The molecule has 2 aromatic heterocycles. The Bertz CT molecular complexity index is 2140. The van der Waals surface area contributed by atoms with E-state index in [0.717, 1.165) is 29.6 Å². The molecular weight excluding hydrogens is 811 g/mol. The van der Waals surface area contributed by atoms with Gasteiger partial charge in [-0.25, -0.2) is 24.1 Å². The number of aliphatic imine (C=N–C) groups is 1. The maximum atomic E-state index is 14.3. The summed E-state index contributed by atoms with van der Waals surface area (Å²) in [6.45, 7) is 20.4. The molecule has 0 radical (unpaired) electrons. The fourth-order valence-corrected chi connectivity index (χ4v) is 9.29. The van der Waals surface area contributed by atoms with Gasteiger partial charge in [0.15, 0.2) is 5.69 Å². The lowest BCUT2D eigenvalue weighted by Gasteiger charge is -2.34. The number of benzene rings is 1. The van der Waals surface area contributed by atoms with Gasteiger partial charge >= 0.3 is 26.0 Å². The molecular formula is C41H57F3N5O8PS. The molecule has 3 heterocycles. The van der Waals surface area contributed by atoms with Gasteiger partial charge < -0.3 is 14.6 Å². The highest BCUT2D eigenvalue weighted by Crippen LogP contribution is 2.55. The summed E-state index contributed by atoms with van der Waals surface area (Å²) >= 11 is 0.836. The second-order valence-electron chi connectivity index (χ2n) is 17.3. The summed E-state index contributed by atoms with van der Waals surface area (Å²) in [5.41, 5.74) is -2.34. The molecule has 1 aliphatic rings. The second-order valence-corrected chi connectivity index (χ2v) is 19.7. The molecule has 3 aromatic rings. The van der Waals surface area contributed by atoms with Gasteiger partial charge in [0.1, 0.15) is 16.4 Å². The van der Waals surface area contributed by atoms with E-state index in [4.69, 9.17) is 18.3 Å². The first-order valence-corrected chi connectivity index (χ1v) is 22.0. The summed E-state index contributed by atoms with van der Waals surface area (Å²) in [7, 11) is -4.00. The molecule has 2 N–H and O–H groups in total. The maximum Gasteiger partial charge on any atom is 0.475 e. The van der Waals surface area contributed by atoms with Gasteiger partial charge in [-0.15, -0.1) is 11.3 Å². The predicted molar refractivity (Wildman–Crippen MR) is 224 cm³/mol. The number of allylic oxidation sites excluding steroid dienone is 1. The Morgan fingerprint density at radius 3 is 2.24 bits per heavy atom. The number of fused-ring (bicyclic) bond motifs is 1. The average molecular weight is 868 g/mol. The van der Waals surface area contributed by atoms with Gasteiger partial charge in [-0.2, -0.15) is 13.2 Å². The Balaban J connectivity index is 1.75. The van der Waals surface area contributed by atoms with E-state index in [0.29, 0.717) is 23.2 Å². The fraction of sp³-hybridized carbons (Fsp3) is 0.585. The molecule has 1 aliphatic heterocycles. The number of hydrogen-bond acceptors (Lipinski definition) is 11. The number of nitrogens with one attached hydrogen (secondary N) is 2. The quantitative estimate of drug-likeness (QED) is 0.0913. The van der Waals surface area contributed by atoms with E-state index in [1.54, 1.807) is 66.7 Å². The lowest BCUT2D eigenvalue weighted by Crippen LogP contribution is -2.40. The van der Waals surface area contributed by atoms with Crippen LogP contribution in [0.5, 0.6) is 0 Å². The van der Waals surface area contributed by atoms with Gasteiger partial charge in [0.2, 0.25) is 5.43 Å². The molecule has 4 rings (SSSR count). The lowest BCUT2D eigenvalue weighted by molar-refractivity contribution is -0.140. The fourth-order valence-electron chi connectivity index (χ4n) is 6.51. The zero-order valence-electron chi connectivity index (χ0n) is 35.7. The summed E-state index contributed by atoms with van der Waals surface area (Å²) < 4.78 is 78.9. The number of hydrogen-bond donors (Lipinski definition) is 2. The molecule has 13 nitrogen and oxygen atoms in total. The molecule has 0 aliphatic carbocycles. The van der Waals surface area contributed by atoms with Gasteiger partial charge in [-0.1, -0.05) is 40.2 Å². The third-order valence-corrected chi connectivity index (χ3v) is 11.9. The molecule has 2 atom stereocenters. The number of thiazole rings is 1. The Morgan fingerprint density at radius 2 is 1.68 bits per heavy atom. The van der Waals surface area contributed by atoms with Gasteiger partial charge in [0, 0.05) is 54.5 Å². The van der Waals surface area contributed by atoms with Crippen molar-refractivity contribution >= 4 is 53.5 Å². The average Bonchev–Trinajstić information content (AvgIpc) is 3.60. The number of ether oxygens (including phenoxy) is 1. The van der Waals surface area contributed by atoms with E-state index in [1.807, 2.05) is 11.5 Å². The van der Waals surface area contributed by atoms with Crippen molar-refractivity contribution in [3.63, 3.8) is 0 Å². The van der Waals surface area contributed by atoms with Gasteiger partial charge in [0.25, 0.3) is 0 Å². The monoisotopic (exact) mass is 867 g/mol. The molecule has 2 unspecified atom stereocenters. The number of phosphoric acid groups is 1. The number of nitrogens with zero attached hydrogens (tertiary/aromatic N) is 3. The number of carbonyl (C=O) groups is 2. The third kappa shape index (κ3) is 13.0. The highest BCUT2D eigenvalue weighted by atomic mass is 32.1. The molecule has 0 spiro atoms. The molecule has 2 amide bonds. The number of urea groups is 1. The molecule has 0 fully saturated rings. The predicted octanol–water partition coefficient (Wildman–Crippen LogP) is 10.4. The van der Waals surface area contributed by atoms with Crippen molar-refractivity contribution in [1.82, 2.24) is 20.2 Å². The first-order valence-electron chi connectivity index (χ1n) is 19.6. The van der Waals surface area contributed by atoms with Crippen LogP contribution in [0.1, 0.15) is 140 Å². The molecule has 1 aromatic carbocycles. The van der Waals surface area contributed by atoms with E-state index < -0.39 is 54.2 Å². The molecule has 0 saturated carbocycles. The van der Waals surface area contributed by atoms with Crippen LogP contribution in [0.25, 0.3) is 16.5 Å². The van der Waals surface area contributed by atoms with Crippen LogP contribution in [0, 0.1) is 5.41 Å². The highest BCUT2D eigenvalue weighted by Gasteiger charge is 2.38. The van der Waals surface area contributed by atoms with Crippen LogP contribution < -0.4 is 16.1 Å². The normalized spacial score (nSPS) is 16.1. The van der Waals surface area contributed by atoms with Gasteiger partial charge in [-0.05, 0) is 83.6 Å². The number of halogens is 3. The Labute approximate surface area is 347 Å². The van der Waals surface area contributed by atoms with Crippen molar-refractivity contribution in [2.45, 2.75) is 131 Å². The minimum Gasteiger partial charge on any atom is -0.462 e. The van der Waals surface area contributed by atoms with Gasteiger partial charge in [-0.3, -0.25) is 23.7 Å². The van der Waals surface area contributed by atoms with Crippen LogP contribution in [0.2, 0.25) is 0 Å². The van der Waals surface area contributed by atoms with Crippen LogP contribution in [0.4, 0.5) is 18.0 Å². The lowest BCUT2D eigenvalue weighted by atomic mass is 9.83. The topological polar surface area (TPSA) is 159 Å². The molecule has 326 valence electrons. The van der Waals surface area contributed by atoms with Crippen molar-refractivity contribution in [2.75, 3.05) is 19.8 Å². The van der Waals surface area contributed by atoms with Crippen molar-refractivity contribution in [3.8, 4) is 0 Å². The third-order valence-electron chi connectivity index (χ3n) is 8.86. The Morgan fingerprint density at radius 1 is 1.02 bits per heavy atom. The van der Waals surface area contributed by atoms with E-state index >= 15 is 0 Å². The summed E-state index contributed by atoms with van der Waals surface area (Å²) in [6, 6.07) is 4.47. The number of amidine groups is 1. The van der Waals surface area contributed by atoms with E-state index in [-0.39, 0.29) is 59.3 Å². The van der Waals surface area contributed by atoms with Crippen LogP contribution in [-0.4, -0.2) is 58.3 Å². The largest absolute Gasteiger partial charge is 0.475 e. The van der Waals surface area contributed by atoms with Crippen molar-refractivity contribution in [3.05, 3.63) is 68.0 Å². The van der Waals surface area contributed by atoms with Crippen LogP contribution in [0.15, 0.2) is 45.8 Å². The standard InChI is InChI=1S/C41H57F3N5O8PS/c1-12-15-32(38(3,4)5)49-23-29(36(51)54-18-14-19-55-58(53,56-39(6,7)8)57-40(9,10)11)34(50)27-20-25(16-17-30(27)49)28-22-46-33(48-37(52)45-13-2)21-26(28)35-47-31(24-59-35)41(42,43)44/h16-17,20,22-24,26,32H,12-15,18-19,21H2,1-11H3,(H2,45,46,48,52). The van der Waals surface area contributed by atoms with Crippen molar-refractivity contribution in [2.24, 2.45) is 10.4 Å². The van der Waals surface area contributed by atoms with Crippen LogP contribution in [0.3, 0.4) is 0 Å². The van der Waals surface area contributed by atoms with Crippen LogP contribution in [-0.2, 0) is 29.0 Å². The zero-order valence-corrected chi connectivity index (χ0v) is 37.4. The second kappa shape index (κ2) is 18.8. The van der Waals surface area contributed by atoms with Crippen LogP contribution >= 0.6 is 19.2 Å². The SMILES string of the molecule is CCCC(n1cc(C(=O)OCCCOP(=O)(OC(C)(C)C)OC(C)(C)C)c(=O)c2cc(C3=CN=C(NC(=O)NCC)CC3c3nc(C(F)(F)F)cs3)ccc21)C(C)(C)C. The van der Waals surface area contributed by atoms with Crippen molar-refractivity contribution in [1.29, 1.82) is 0 Å². The molecule has 0 bridgehead atoms. The summed E-state index contributed by atoms with van der Waals surface area (Å²) in [4.78, 5) is 48.8. The number of alkyl halides is 3. The van der Waals surface area contributed by atoms with Gasteiger partial charge in [0.05, 0.1) is 29.9 Å². The number of esters is 1. The molecule has 59 heavy (non-hydrogen) atoms. The summed E-state index contributed by atoms with van der Waals surface area (Å²) in [6.07, 6.45) is -0.0207. The first-order chi connectivity index (χ1) is 27.2. The van der Waals surface area contributed by atoms with E-state index in [2.05, 4.69) is 41.4 Å². The number of carbonyl (C=O) groups excluding carboxylic acids is 2. The first kappa shape index (κ1) is 47.8. The number of amides is 2. The Kier molecular flexibility index (Phi) is 15.2. The number of rotatable bonds is 14. The minimum atomic E-state index is -4.67. The number of phosphoric ester groups is 1. The zero-order chi connectivity index (χ0) is 44.1. The highest BCUT2D eigenvalue weighted by molar-refractivity contribution is 7.48. The molecule has 0 saturated heterocycles. The number of pyridine rings is 1. The summed E-state index contributed by atoms with van der Waals surface area (Å²) in [5, 5.41) is 6.55. The minimum absolute atomic E-state index is 0.0227. The van der Waals surface area contributed by atoms with E-state index in [9.17, 15) is 32.1 Å². The van der Waals surface area contributed by atoms with Crippen molar-refractivity contribution < 1.29 is 45.6 Å². The Hall–Kier alpha value is -3.89. The molecule has 18 heteroatoms. The summed E-state index contributed by atoms with van der Waals surface area (Å²) in [5.74, 6) is -1.41. The number of aromatic nitrogens is 2.